The highest BCUT2D eigenvalue weighted by Crippen LogP contribution is 2.08. The maximum absolute atomic E-state index is 13.4. The molecule has 0 spiro atoms. The van der Waals surface area contributed by atoms with Crippen molar-refractivity contribution in [3.05, 3.63) is 108 Å². The van der Waals surface area contributed by atoms with Crippen molar-refractivity contribution < 1.29 is 29.4 Å². The van der Waals surface area contributed by atoms with Crippen molar-refractivity contribution in [2.45, 2.75) is 56.5 Å². The molecule has 0 radical (unpaired) electrons. The number of hydrogen-bond acceptors (Lipinski definition) is 6. The number of nitrogens with one attached hydrogen (secondary N) is 3. The summed E-state index contributed by atoms with van der Waals surface area (Å²) in [5.74, 6) is -3.41. The normalized spacial score (nSPS) is 14.5. The lowest BCUT2D eigenvalue weighted by Gasteiger charge is -2.26. The van der Waals surface area contributed by atoms with Gasteiger partial charge < -0.3 is 31.9 Å². The third kappa shape index (κ3) is 9.86. The van der Waals surface area contributed by atoms with E-state index in [-0.39, 0.29) is 19.3 Å². The minimum Gasteiger partial charge on any atom is -0.480 e. The minimum atomic E-state index is -1.41. The molecule has 0 fully saturated rings. The standard InChI is InChI=1S/C31H36N4O6/c1-20(36)27(35-28(37)24(32)17-21-11-5-2-6-12-21)30(39)33-25(18-22-13-7-3-8-14-22)29(38)34-26(31(40)41)19-23-15-9-4-10-16-23/h2-16,20,24-27,36H,17-19,32H2,1H3,(H,33,39)(H,34,38)(H,35,37)(H,40,41). The molecule has 3 amide bonds. The average Bonchev–Trinajstić information content (AvgIpc) is 2.96. The van der Waals surface area contributed by atoms with Crippen LogP contribution in [0.5, 0.6) is 0 Å². The van der Waals surface area contributed by atoms with Gasteiger partial charge in [0.1, 0.15) is 18.1 Å². The number of rotatable bonds is 14. The summed E-state index contributed by atoms with van der Waals surface area (Å²) in [7, 11) is 0. The van der Waals surface area contributed by atoms with Crippen molar-refractivity contribution in [3.8, 4) is 0 Å². The number of nitrogens with two attached hydrogens (primary N) is 1. The van der Waals surface area contributed by atoms with E-state index in [0.29, 0.717) is 11.1 Å². The molecular weight excluding hydrogens is 524 g/mol. The predicted octanol–water partition coefficient (Wildman–Crippen LogP) is 0.962. The highest BCUT2D eigenvalue weighted by molar-refractivity contribution is 5.94. The zero-order chi connectivity index (χ0) is 29.8. The molecule has 216 valence electrons. The van der Waals surface area contributed by atoms with Crippen LogP contribution in [0.15, 0.2) is 91.0 Å². The highest BCUT2D eigenvalue weighted by Gasteiger charge is 2.32. The number of carboxylic acids is 1. The molecule has 0 saturated heterocycles. The summed E-state index contributed by atoms with van der Waals surface area (Å²) < 4.78 is 0. The van der Waals surface area contributed by atoms with Gasteiger partial charge in [-0.05, 0) is 30.0 Å². The fourth-order valence-electron chi connectivity index (χ4n) is 4.27. The van der Waals surface area contributed by atoms with Crippen LogP contribution in [0.25, 0.3) is 0 Å². The molecule has 3 aromatic rings. The summed E-state index contributed by atoms with van der Waals surface area (Å²) in [6, 6.07) is 22.0. The SMILES string of the molecule is CC(O)C(NC(=O)C(N)Cc1ccccc1)C(=O)NC(Cc1ccccc1)C(=O)NC(Cc1ccccc1)C(=O)O. The molecule has 3 rings (SSSR count). The molecule has 0 bridgehead atoms. The second-order valence-electron chi connectivity index (χ2n) is 9.86. The highest BCUT2D eigenvalue weighted by atomic mass is 16.4. The van der Waals surface area contributed by atoms with E-state index in [1.54, 1.807) is 60.7 Å². The molecule has 0 aromatic heterocycles. The lowest BCUT2D eigenvalue weighted by molar-refractivity contribution is -0.142. The zero-order valence-corrected chi connectivity index (χ0v) is 22.8. The largest absolute Gasteiger partial charge is 0.480 e. The van der Waals surface area contributed by atoms with Crippen molar-refractivity contribution in [3.63, 3.8) is 0 Å². The second kappa shape index (κ2) is 15.3. The van der Waals surface area contributed by atoms with Gasteiger partial charge in [-0.2, -0.15) is 0 Å². The van der Waals surface area contributed by atoms with Crippen LogP contribution in [0, 0.1) is 0 Å². The van der Waals surface area contributed by atoms with E-state index in [9.17, 15) is 29.4 Å². The number of hydrogen-bond donors (Lipinski definition) is 6. The Morgan fingerprint density at radius 2 is 1.05 bits per heavy atom. The third-order valence-corrected chi connectivity index (χ3v) is 6.51. The van der Waals surface area contributed by atoms with Gasteiger partial charge in [-0.3, -0.25) is 14.4 Å². The maximum Gasteiger partial charge on any atom is 0.326 e. The summed E-state index contributed by atoms with van der Waals surface area (Å²) in [6.07, 6.45) is -1.00. The lowest BCUT2D eigenvalue weighted by atomic mass is 10.0. The first-order valence-corrected chi connectivity index (χ1v) is 13.3. The van der Waals surface area contributed by atoms with Gasteiger partial charge in [-0.15, -0.1) is 0 Å². The van der Waals surface area contributed by atoms with Gasteiger partial charge in [-0.25, -0.2) is 4.79 Å². The van der Waals surface area contributed by atoms with Crippen LogP contribution in [0.2, 0.25) is 0 Å². The second-order valence-corrected chi connectivity index (χ2v) is 9.86. The van der Waals surface area contributed by atoms with Gasteiger partial charge in [0, 0.05) is 12.8 Å². The van der Waals surface area contributed by atoms with Crippen molar-refractivity contribution in [2.75, 3.05) is 0 Å². The molecule has 3 aromatic carbocycles. The van der Waals surface area contributed by atoms with Crippen LogP contribution < -0.4 is 21.7 Å². The molecular formula is C31H36N4O6. The quantitative estimate of drug-likeness (QED) is 0.170. The first-order valence-electron chi connectivity index (χ1n) is 13.3. The van der Waals surface area contributed by atoms with E-state index in [1.165, 1.54) is 6.92 Å². The van der Waals surface area contributed by atoms with Crippen LogP contribution in [-0.2, 0) is 38.4 Å². The van der Waals surface area contributed by atoms with Gasteiger partial charge >= 0.3 is 5.97 Å². The van der Waals surface area contributed by atoms with Gasteiger partial charge in [0.15, 0.2) is 0 Å². The zero-order valence-electron chi connectivity index (χ0n) is 22.8. The van der Waals surface area contributed by atoms with Gasteiger partial charge in [0.2, 0.25) is 17.7 Å². The van der Waals surface area contributed by atoms with Crippen LogP contribution in [0.4, 0.5) is 0 Å². The molecule has 5 atom stereocenters. The van der Waals surface area contributed by atoms with E-state index < -0.39 is 54.0 Å². The van der Waals surface area contributed by atoms with Gasteiger partial charge in [-0.1, -0.05) is 91.0 Å². The summed E-state index contributed by atoms with van der Waals surface area (Å²) in [6.45, 7) is 1.33. The molecule has 7 N–H and O–H groups in total. The van der Waals surface area contributed by atoms with E-state index >= 15 is 0 Å². The molecule has 0 aliphatic rings. The lowest BCUT2D eigenvalue weighted by Crippen LogP contribution is -2.60. The first kappa shape index (κ1) is 31.0. The van der Waals surface area contributed by atoms with E-state index in [4.69, 9.17) is 5.73 Å². The fraction of sp³-hybridized carbons (Fsp3) is 0.290. The third-order valence-electron chi connectivity index (χ3n) is 6.51. The first-order chi connectivity index (χ1) is 19.6. The number of aliphatic hydroxyl groups is 1. The Morgan fingerprint density at radius 3 is 1.49 bits per heavy atom. The smallest absolute Gasteiger partial charge is 0.326 e. The molecule has 0 aliphatic heterocycles. The monoisotopic (exact) mass is 560 g/mol. The Labute approximate surface area is 239 Å². The van der Waals surface area contributed by atoms with E-state index in [0.717, 1.165) is 5.56 Å². The molecule has 5 unspecified atom stereocenters. The Morgan fingerprint density at radius 1 is 0.634 bits per heavy atom. The van der Waals surface area contributed by atoms with Gasteiger partial charge in [0.05, 0.1) is 12.1 Å². The Balaban J connectivity index is 1.74. The Hall–Kier alpha value is -4.54. The van der Waals surface area contributed by atoms with Crippen molar-refractivity contribution in [1.82, 2.24) is 16.0 Å². The van der Waals surface area contributed by atoms with Crippen LogP contribution >= 0.6 is 0 Å². The molecule has 0 saturated carbocycles. The van der Waals surface area contributed by atoms with Crippen LogP contribution in [0.3, 0.4) is 0 Å². The van der Waals surface area contributed by atoms with E-state index in [1.807, 2.05) is 30.3 Å². The number of carbonyl (C=O) groups is 4. The topological polar surface area (TPSA) is 171 Å². The van der Waals surface area contributed by atoms with E-state index in [2.05, 4.69) is 16.0 Å². The summed E-state index contributed by atoms with van der Waals surface area (Å²) >= 11 is 0. The number of aliphatic hydroxyl groups excluding tert-OH is 1. The number of aliphatic carboxylic acids is 1. The van der Waals surface area contributed by atoms with Crippen LogP contribution in [-0.4, -0.2) is 64.2 Å². The van der Waals surface area contributed by atoms with Crippen molar-refractivity contribution in [1.29, 1.82) is 0 Å². The summed E-state index contributed by atoms with van der Waals surface area (Å²) in [5, 5.41) is 27.7. The summed E-state index contributed by atoms with van der Waals surface area (Å²) in [5.41, 5.74) is 8.31. The number of amides is 3. The Bertz CT molecular complexity index is 1290. The number of benzene rings is 3. The minimum absolute atomic E-state index is 0.0412. The number of carbonyl (C=O) groups excluding carboxylic acids is 3. The predicted molar refractivity (Wildman–Crippen MR) is 154 cm³/mol. The molecule has 10 heteroatoms. The molecule has 41 heavy (non-hydrogen) atoms. The van der Waals surface area contributed by atoms with Crippen molar-refractivity contribution in [2.24, 2.45) is 5.73 Å². The molecule has 10 nitrogen and oxygen atoms in total. The average molecular weight is 561 g/mol. The number of carboxylic acid groups (broad SMARTS) is 1. The van der Waals surface area contributed by atoms with Crippen molar-refractivity contribution >= 4 is 23.7 Å². The summed E-state index contributed by atoms with van der Waals surface area (Å²) in [4.78, 5) is 51.4. The maximum atomic E-state index is 13.4. The molecule has 0 heterocycles. The molecule has 0 aliphatic carbocycles. The Kier molecular flexibility index (Phi) is 11.6. The van der Waals surface area contributed by atoms with Gasteiger partial charge in [0.25, 0.3) is 0 Å². The van der Waals surface area contributed by atoms with Crippen LogP contribution in [0.1, 0.15) is 23.6 Å². The fourth-order valence-corrected chi connectivity index (χ4v) is 4.27.